The van der Waals surface area contributed by atoms with Crippen LogP contribution in [0.15, 0.2) is 77.7 Å². The predicted molar refractivity (Wildman–Crippen MR) is 123 cm³/mol. The van der Waals surface area contributed by atoms with E-state index < -0.39 is 18.5 Å². The maximum atomic E-state index is 13.1. The molecule has 0 unspecified atom stereocenters. The summed E-state index contributed by atoms with van der Waals surface area (Å²) < 4.78 is 6.52. The number of hydrogen-bond donors (Lipinski definition) is 1. The zero-order valence-electron chi connectivity index (χ0n) is 17.0. The minimum atomic E-state index is -0.784. The zero-order chi connectivity index (χ0) is 22.7. The summed E-state index contributed by atoms with van der Waals surface area (Å²) in [5, 5.41) is 4.07. The van der Waals surface area contributed by atoms with Gasteiger partial charge in [0.25, 0.3) is 11.5 Å². The molecule has 2 aromatic heterocycles. The highest BCUT2D eigenvalue weighted by atomic mass is 35.5. The van der Waals surface area contributed by atoms with Crippen molar-refractivity contribution >= 4 is 40.1 Å². The van der Waals surface area contributed by atoms with Gasteiger partial charge in [-0.1, -0.05) is 60.1 Å². The second-order valence-corrected chi connectivity index (χ2v) is 7.42. The molecular weight excluding hydrogens is 430 g/mol. The molecule has 0 saturated carbocycles. The highest BCUT2D eigenvalue weighted by molar-refractivity contribution is 6.30. The number of nitrogens with one attached hydrogen (secondary N) is 1. The van der Waals surface area contributed by atoms with Gasteiger partial charge >= 0.3 is 5.97 Å². The number of nitrogens with zero attached hydrogens (tertiary/aromatic N) is 2. The van der Waals surface area contributed by atoms with Gasteiger partial charge in [0.2, 0.25) is 0 Å². The summed E-state index contributed by atoms with van der Waals surface area (Å²) in [4.78, 5) is 42.2. The molecule has 0 aliphatic carbocycles. The lowest BCUT2D eigenvalue weighted by molar-refractivity contribution is -0.119. The molecule has 1 N–H and O–H groups in total. The van der Waals surface area contributed by atoms with E-state index in [1.807, 2.05) is 30.3 Å². The Kier molecular flexibility index (Phi) is 6.00. The molecule has 2 heterocycles. The fourth-order valence-electron chi connectivity index (χ4n) is 3.43. The van der Waals surface area contributed by atoms with Crippen molar-refractivity contribution in [3.8, 4) is 11.1 Å². The Hall–Kier alpha value is -3.97. The molecule has 160 valence electrons. The van der Waals surface area contributed by atoms with Crippen LogP contribution in [0.2, 0.25) is 5.02 Å². The van der Waals surface area contributed by atoms with Crippen LogP contribution in [0.5, 0.6) is 0 Å². The largest absolute Gasteiger partial charge is 0.451 e. The number of fused-ring (bicyclic) bond motifs is 1. The minimum Gasteiger partial charge on any atom is -0.451 e. The number of aromatic nitrogens is 2. The molecule has 7 nitrogen and oxygen atoms in total. The summed E-state index contributed by atoms with van der Waals surface area (Å²) in [6.07, 6.45) is 1.39. The number of ether oxygens (including phenoxy) is 1. The van der Waals surface area contributed by atoms with Crippen LogP contribution in [0.4, 0.5) is 5.82 Å². The Morgan fingerprint density at radius 2 is 1.69 bits per heavy atom. The average molecular weight is 448 g/mol. The number of anilines is 1. The van der Waals surface area contributed by atoms with E-state index in [4.69, 9.17) is 16.3 Å². The lowest BCUT2D eigenvalue weighted by Crippen LogP contribution is -2.28. The molecule has 0 atom stereocenters. The first-order valence-corrected chi connectivity index (χ1v) is 10.1. The summed E-state index contributed by atoms with van der Waals surface area (Å²) in [5.74, 6) is -1.08. The van der Waals surface area contributed by atoms with Crippen LogP contribution in [-0.4, -0.2) is 28.0 Å². The van der Waals surface area contributed by atoms with E-state index in [9.17, 15) is 14.4 Å². The molecule has 2 aromatic carbocycles. The molecule has 4 rings (SSSR count). The van der Waals surface area contributed by atoms with Crippen molar-refractivity contribution in [2.45, 2.75) is 0 Å². The first-order valence-electron chi connectivity index (χ1n) is 9.71. The normalized spacial score (nSPS) is 10.7. The van der Waals surface area contributed by atoms with Gasteiger partial charge in [-0.2, -0.15) is 0 Å². The van der Waals surface area contributed by atoms with Crippen molar-refractivity contribution in [1.29, 1.82) is 0 Å². The average Bonchev–Trinajstić information content (AvgIpc) is 2.81. The number of hydrogen-bond acceptors (Lipinski definition) is 5. The molecule has 32 heavy (non-hydrogen) atoms. The zero-order valence-corrected chi connectivity index (χ0v) is 17.8. The van der Waals surface area contributed by atoms with E-state index in [-0.39, 0.29) is 17.1 Å². The van der Waals surface area contributed by atoms with E-state index in [1.54, 1.807) is 30.3 Å². The highest BCUT2D eigenvalue weighted by Gasteiger charge is 2.23. The van der Waals surface area contributed by atoms with E-state index in [1.165, 1.54) is 23.9 Å². The summed E-state index contributed by atoms with van der Waals surface area (Å²) in [5.41, 5.74) is 1.05. The number of pyridine rings is 2. The molecule has 0 saturated heterocycles. The number of carbonyl (C=O) groups excluding carboxylic acids is 2. The number of amides is 1. The van der Waals surface area contributed by atoms with Crippen molar-refractivity contribution in [2.24, 2.45) is 7.05 Å². The second kappa shape index (κ2) is 9.03. The van der Waals surface area contributed by atoms with E-state index in [0.717, 1.165) is 5.56 Å². The topological polar surface area (TPSA) is 90.3 Å². The standard InChI is InChI=1S/C24H18ClN3O4/c1-28-22(24(31)32-14-20(29)27-19-12-11-16(25)13-26-19)21(15-7-3-2-4-8-15)17-9-5-6-10-18(17)23(28)30/h2-13H,14H2,1H3,(H,26,27,29). The Morgan fingerprint density at radius 1 is 1.00 bits per heavy atom. The molecular formula is C24H18ClN3O4. The van der Waals surface area contributed by atoms with Crippen molar-refractivity contribution in [1.82, 2.24) is 9.55 Å². The number of halogens is 1. The summed E-state index contributed by atoms with van der Waals surface area (Å²) >= 11 is 5.78. The number of esters is 1. The minimum absolute atomic E-state index is 0.0670. The molecule has 0 spiro atoms. The van der Waals surface area contributed by atoms with Gasteiger partial charge in [-0.25, -0.2) is 9.78 Å². The van der Waals surface area contributed by atoms with Crippen LogP contribution in [-0.2, 0) is 16.6 Å². The van der Waals surface area contributed by atoms with Crippen LogP contribution in [0.25, 0.3) is 21.9 Å². The Balaban J connectivity index is 1.68. The maximum absolute atomic E-state index is 13.1. The number of benzene rings is 2. The first kappa shape index (κ1) is 21.3. The van der Waals surface area contributed by atoms with Gasteiger partial charge in [0, 0.05) is 24.2 Å². The van der Waals surface area contributed by atoms with Gasteiger partial charge in [0.15, 0.2) is 6.61 Å². The molecule has 4 aromatic rings. The quantitative estimate of drug-likeness (QED) is 0.466. The molecule has 0 radical (unpaired) electrons. The van der Waals surface area contributed by atoms with Crippen LogP contribution in [0.3, 0.4) is 0 Å². The maximum Gasteiger partial charge on any atom is 0.356 e. The number of rotatable bonds is 5. The van der Waals surface area contributed by atoms with Gasteiger partial charge in [-0.15, -0.1) is 0 Å². The van der Waals surface area contributed by atoms with Crippen molar-refractivity contribution < 1.29 is 14.3 Å². The summed E-state index contributed by atoms with van der Waals surface area (Å²) in [7, 11) is 1.51. The van der Waals surface area contributed by atoms with Gasteiger partial charge in [0.05, 0.1) is 5.02 Å². The third-order valence-corrected chi connectivity index (χ3v) is 5.11. The lowest BCUT2D eigenvalue weighted by atomic mass is 9.97. The molecule has 0 bridgehead atoms. The molecule has 1 amide bonds. The lowest BCUT2D eigenvalue weighted by Gasteiger charge is -2.16. The Morgan fingerprint density at radius 3 is 2.38 bits per heavy atom. The molecule has 8 heteroatoms. The predicted octanol–water partition coefficient (Wildman–Crippen LogP) is 4.05. The third kappa shape index (κ3) is 4.24. The highest BCUT2D eigenvalue weighted by Crippen LogP contribution is 2.30. The van der Waals surface area contributed by atoms with E-state index >= 15 is 0 Å². The Bertz CT molecular complexity index is 1370. The summed E-state index contributed by atoms with van der Waals surface area (Å²) in [6.45, 7) is -0.543. The van der Waals surface area contributed by atoms with E-state index in [0.29, 0.717) is 21.4 Å². The SMILES string of the molecule is Cn1c(C(=O)OCC(=O)Nc2ccc(Cl)cn2)c(-c2ccccc2)c2ccccc2c1=O. The fraction of sp³-hybridized carbons (Fsp3) is 0.0833. The molecule has 0 fully saturated rings. The third-order valence-electron chi connectivity index (χ3n) is 4.89. The van der Waals surface area contributed by atoms with Crippen LogP contribution in [0.1, 0.15) is 10.5 Å². The fourth-order valence-corrected chi connectivity index (χ4v) is 3.54. The summed E-state index contributed by atoms with van der Waals surface area (Å²) in [6, 6.07) is 19.4. The van der Waals surface area contributed by atoms with Gasteiger partial charge < -0.3 is 14.6 Å². The van der Waals surface area contributed by atoms with Gasteiger partial charge in [-0.05, 0) is 29.1 Å². The Labute approximate surface area is 188 Å². The molecule has 0 aliphatic heterocycles. The molecule has 0 aliphatic rings. The monoisotopic (exact) mass is 447 g/mol. The van der Waals surface area contributed by atoms with Crippen LogP contribution in [0, 0.1) is 0 Å². The van der Waals surface area contributed by atoms with Crippen molar-refractivity contribution in [3.05, 3.63) is 94.0 Å². The van der Waals surface area contributed by atoms with Crippen molar-refractivity contribution in [3.63, 3.8) is 0 Å². The first-order chi connectivity index (χ1) is 15.5. The van der Waals surface area contributed by atoms with E-state index in [2.05, 4.69) is 10.3 Å². The number of carbonyl (C=O) groups is 2. The van der Waals surface area contributed by atoms with Gasteiger partial charge in [-0.3, -0.25) is 9.59 Å². The van der Waals surface area contributed by atoms with Crippen LogP contribution < -0.4 is 10.9 Å². The second-order valence-electron chi connectivity index (χ2n) is 6.99. The smallest absolute Gasteiger partial charge is 0.356 e. The van der Waals surface area contributed by atoms with Crippen LogP contribution >= 0.6 is 11.6 Å². The van der Waals surface area contributed by atoms with Gasteiger partial charge in [0.1, 0.15) is 11.5 Å². The van der Waals surface area contributed by atoms with Crippen molar-refractivity contribution in [2.75, 3.05) is 11.9 Å².